The summed E-state index contributed by atoms with van der Waals surface area (Å²) in [6, 6.07) is 2.55. The molecule has 0 bridgehead atoms. The van der Waals surface area contributed by atoms with Crippen LogP contribution in [-0.2, 0) is 11.3 Å². The minimum absolute atomic E-state index is 0. The lowest BCUT2D eigenvalue weighted by Crippen LogP contribution is -2.43. The molecule has 0 aliphatic heterocycles. The molecular formula is C18H31IN6O. The highest BCUT2D eigenvalue weighted by atomic mass is 127. The lowest BCUT2D eigenvalue weighted by molar-refractivity contribution is -0.127. The standard InChI is InChI=1S/C18H30N6O.HI/c1-14(2)11-19-18(21-13-17(25)23(3)4)20-12-15-9-10-24(22-15)16-7-5-6-8-16;/h9-10,16H,1,5-8,11-13H2,2-4H3,(H2,19,20,21);1H. The monoisotopic (exact) mass is 474 g/mol. The molecule has 0 aromatic carbocycles. The molecular weight excluding hydrogens is 443 g/mol. The molecule has 1 heterocycles. The second-order valence-electron chi connectivity index (χ2n) is 6.84. The minimum atomic E-state index is -0.00432. The lowest BCUT2D eigenvalue weighted by atomic mass is 10.3. The molecule has 26 heavy (non-hydrogen) atoms. The zero-order valence-electron chi connectivity index (χ0n) is 16.0. The van der Waals surface area contributed by atoms with Crippen molar-refractivity contribution in [3.05, 3.63) is 30.1 Å². The number of hydrogen-bond acceptors (Lipinski definition) is 3. The zero-order chi connectivity index (χ0) is 18.2. The van der Waals surface area contributed by atoms with Crippen molar-refractivity contribution in [2.24, 2.45) is 4.99 Å². The summed E-state index contributed by atoms with van der Waals surface area (Å²) in [6.07, 6.45) is 7.05. The summed E-state index contributed by atoms with van der Waals surface area (Å²) in [5, 5.41) is 10.9. The van der Waals surface area contributed by atoms with Gasteiger partial charge in [-0.3, -0.25) is 9.48 Å². The molecule has 7 nitrogen and oxygen atoms in total. The van der Waals surface area contributed by atoms with E-state index in [4.69, 9.17) is 0 Å². The van der Waals surface area contributed by atoms with Gasteiger partial charge in [0, 0.05) is 26.8 Å². The number of rotatable bonds is 7. The Morgan fingerprint density at radius 2 is 2.00 bits per heavy atom. The van der Waals surface area contributed by atoms with Crippen molar-refractivity contribution in [1.82, 2.24) is 25.3 Å². The molecule has 2 N–H and O–H groups in total. The van der Waals surface area contributed by atoms with Gasteiger partial charge in [0.05, 0.1) is 24.8 Å². The number of amides is 1. The van der Waals surface area contributed by atoms with E-state index >= 15 is 0 Å². The smallest absolute Gasteiger partial charge is 0.241 e. The largest absolute Gasteiger partial charge is 0.353 e. The molecule has 146 valence electrons. The summed E-state index contributed by atoms with van der Waals surface area (Å²) < 4.78 is 2.07. The first-order valence-corrected chi connectivity index (χ1v) is 8.86. The molecule has 1 aliphatic rings. The summed E-state index contributed by atoms with van der Waals surface area (Å²) in [6.45, 7) is 7.11. The van der Waals surface area contributed by atoms with E-state index in [-0.39, 0.29) is 36.4 Å². The molecule has 0 atom stereocenters. The maximum atomic E-state index is 11.8. The number of likely N-dealkylation sites (N-methyl/N-ethyl adjacent to an activating group) is 1. The Balaban J connectivity index is 0.00000338. The molecule has 0 spiro atoms. The van der Waals surface area contributed by atoms with Crippen LogP contribution in [-0.4, -0.2) is 53.7 Å². The van der Waals surface area contributed by atoms with E-state index in [0.717, 1.165) is 11.3 Å². The maximum absolute atomic E-state index is 11.8. The third-order valence-corrected chi connectivity index (χ3v) is 4.23. The Labute approximate surface area is 173 Å². The van der Waals surface area contributed by atoms with Gasteiger partial charge in [0.2, 0.25) is 5.91 Å². The molecule has 1 saturated carbocycles. The summed E-state index contributed by atoms with van der Waals surface area (Å²) in [5.41, 5.74) is 1.93. The van der Waals surface area contributed by atoms with Crippen LogP contribution >= 0.6 is 24.0 Å². The summed E-state index contributed by atoms with van der Waals surface area (Å²) in [7, 11) is 3.47. The van der Waals surface area contributed by atoms with Crippen LogP contribution < -0.4 is 10.6 Å². The normalized spacial score (nSPS) is 14.7. The van der Waals surface area contributed by atoms with E-state index in [2.05, 4.69) is 32.0 Å². The molecule has 1 aliphatic carbocycles. The molecule has 0 radical (unpaired) electrons. The Morgan fingerprint density at radius 1 is 1.35 bits per heavy atom. The van der Waals surface area contributed by atoms with E-state index < -0.39 is 0 Å². The lowest BCUT2D eigenvalue weighted by Gasteiger charge is -2.14. The van der Waals surface area contributed by atoms with Crippen molar-refractivity contribution in [3.63, 3.8) is 0 Å². The topological polar surface area (TPSA) is 74.5 Å². The maximum Gasteiger partial charge on any atom is 0.241 e. The number of hydrogen-bond donors (Lipinski definition) is 2. The van der Waals surface area contributed by atoms with Crippen molar-refractivity contribution >= 4 is 35.8 Å². The van der Waals surface area contributed by atoms with Gasteiger partial charge in [-0.05, 0) is 25.8 Å². The van der Waals surface area contributed by atoms with E-state index in [1.807, 2.05) is 19.2 Å². The fraction of sp³-hybridized carbons (Fsp3) is 0.611. The number of halogens is 1. The van der Waals surface area contributed by atoms with Crippen LogP contribution in [0.3, 0.4) is 0 Å². The Morgan fingerprint density at radius 3 is 2.62 bits per heavy atom. The molecule has 1 fully saturated rings. The van der Waals surface area contributed by atoms with Crippen molar-refractivity contribution in [3.8, 4) is 0 Å². The number of aliphatic imine (C=N–C) groups is 1. The highest BCUT2D eigenvalue weighted by molar-refractivity contribution is 14.0. The van der Waals surface area contributed by atoms with E-state index in [9.17, 15) is 4.79 Å². The number of carbonyl (C=O) groups excluding carboxylic acids is 1. The number of aromatic nitrogens is 2. The predicted octanol–water partition coefficient (Wildman–Crippen LogP) is 2.32. The van der Waals surface area contributed by atoms with Crippen LogP contribution in [0.5, 0.6) is 0 Å². The van der Waals surface area contributed by atoms with E-state index in [0.29, 0.717) is 25.1 Å². The van der Waals surface area contributed by atoms with Crippen LogP contribution in [0.4, 0.5) is 0 Å². The predicted molar refractivity (Wildman–Crippen MR) is 116 cm³/mol. The van der Waals surface area contributed by atoms with Gasteiger partial charge in [0.25, 0.3) is 0 Å². The van der Waals surface area contributed by atoms with Crippen LogP contribution in [0.25, 0.3) is 0 Å². The fourth-order valence-corrected chi connectivity index (χ4v) is 2.72. The number of carbonyl (C=O) groups is 1. The molecule has 0 saturated heterocycles. The number of nitrogens with zero attached hydrogens (tertiary/aromatic N) is 4. The molecule has 1 amide bonds. The second kappa shape index (κ2) is 11.2. The molecule has 8 heteroatoms. The third-order valence-electron chi connectivity index (χ3n) is 4.23. The first-order chi connectivity index (χ1) is 12.0. The molecule has 1 aromatic rings. The van der Waals surface area contributed by atoms with Crippen LogP contribution in [0, 0.1) is 0 Å². The van der Waals surface area contributed by atoms with Crippen molar-refractivity contribution < 1.29 is 4.79 Å². The van der Waals surface area contributed by atoms with Crippen LogP contribution in [0.1, 0.15) is 44.3 Å². The van der Waals surface area contributed by atoms with Gasteiger partial charge in [0.15, 0.2) is 5.96 Å². The summed E-state index contributed by atoms with van der Waals surface area (Å²) >= 11 is 0. The van der Waals surface area contributed by atoms with Gasteiger partial charge in [0.1, 0.15) is 0 Å². The highest BCUT2D eigenvalue weighted by Crippen LogP contribution is 2.28. The Hall–Kier alpha value is -1.58. The van der Waals surface area contributed by atoms with Crippen molar-refractivity contribution in [2.45, 2.75) is 45.2 Å². The van der Waals surface area contributed by atoms with Crippen LogP contribution in [0.15, 0.2) is 29.4 Å². The van der Waals surface area contributed by atoms with Crippen molar-refractivity contribution in [2.75, 3.05) is 27.2 Å². The summed E-state index contributed by atoms with van der Waals surface area (Å²) in [4.78, 5) is 17.8. The molecule has 0 unspecified atom stereocenters. The third kappa shape index (κ3) is 7.35. The van der Waals surface area contributed by atoms with E-state index in [1.54, 1.807) is 19.0 Å². The SMILES string of the molecule is C=C(C)CNC(=NCc1ccn(C2CCCC2)n1)NCC(=O)N(C)C.I. The number of guanidine groups is 1. The fourth-order valence-electron chi connectivity index (χ4n) is 2.72. The highest BCUT2D eigenvalue weighted by Gasteiger charge is 2.17. The first kappa shape index (κ1) is 22.5. The van der Waals surface area contributed by atoms with E-state index in [1.165, 1.54) is 25.7 Å². The Kier molecular flexibility index (Phi) is 9.68. The van der Waals surface area contributed by atoms with Gasteiger partial charge in [-0.15, -0.1) is 24.0 Å². The van der Waals surface area contributed by atoms with Gasteiger partial charge in [-0.1, -0.05) is 25.0 Å². The molecule has 2 rings (SSSR count). The quantitative estimate of drug-likeness (QED) is 0.275. The zero-order valence-corrected chi connectivity index (χ0v) is 18.3. The van der Waals surface area contributed by atoms with Gasteiger partial charge in [-0.25, -0.2) is 4.99 Å². The van der Waals surface area contributed by atoms with Crippen LogP contribution in [0.2, 0.25) is 0 Å². The number of nitrogens with one attached hydrogen (secondary N) is 2. The van der Waals surface area contributed by atoms with Gasteiger partial charge in [-0.2, -0.15) is 5.10 Å². The van der Waals surface area contributed by atoms with Gasteiger partial charge >= 0.3 is 0 Å². The van der Waals surface area contributed by atoms with Crippen molar-refractivity contribution in [1.29, 1.82) is 0 Å². The first-order valence-electron chi connectivity index (χ1n) is 8.86. The minimum Gasteiger partial charge on any atom is -0.353 e. The Bertz CT molecular complexity index is 619. The average Bonchev–Trinajstić information content (AvgIpc) is 3.24. The van der Waals surface area contributed by atoms with Gasteiger partial charge < -0.3 is 15.5 Å². The average molecular weight is 474 g/mol. The molecule has 1 aromatic heterocycles. The summed E-state index contributed by atoms with van der Waals surface area (Å²) in [5.74, 6) is 0.587. The second-order valence-corrected chi connectivity index (χ2v) is 6.84.